The van der Waals surface area contributed by atoms with Gasteiger partial charge in [0.25, 0.3) is 0 Å². The Morgan fingerprint density at radius 1 is 1.36 bits per heavy atom. The first-order valence-electron chi connectivity index (χ1n) is 6.82. The number of anilines is 1. The zero-order chi connectivity index (χ0) is 15.7. The Morgan fingerprint density at radius 2 is 2.09 bits per heavy atom. The maximum atomic E-state index is 12.6. The number of hydrogen-bond acceptors (Lipinski definition) is 5. The normalized spacial score (nSPS) is 16.0. The van der Waals surface area contributed by atoms with Gasteiger partial charge in [0.15, 0.2) is 0 Å². The molecule has 0 unspecified atom stereocenters. The summed E-state index contributed by atoms with van der Waals surface area (Å²) in [6.45, 7) is 3.01. The number of nitrogens with one attached hydrogen (secondary N) is 1. The number of aromatic nitrogens is 1. The number of hydrogen-bond donors (Lipinski definition) is 1. The molecule has 116 valence electrons. The van der Waals surface area contributed by atoms with Crippen LogP contribution >= 0.6 is 11.3 Å². The van der Waals surface area contributed by atoms with Gasteiger partial charge in [-0.05, 0) is 6.07 Å². The number of nitriles is 1. The molecule has 22 heavy (non-hydrogen) atoms. The second kappa shape index (κ2) is 5.74. The standard InChI is InChI=1S/C14H13F3N4S/c15-14(16,17)6-10-5-11-12(21-3-1-19-2-4-21)9(7-18)8-20-13(11)22-10/h5,8,19H,1-4,6H2. The number of alkyl halides is 3. The van der Waals surface area contributed by atoms with E-state index in [4.69, 9.17) is 0 Å². The van der Waals surface area contributed by atoms with E-state index in [-0.39, 0.29) is 4.88 Å². The van der Waals surface area contributed by atoms with E-state index in [2.05, 4.69) is 16.4 Å². The van der Waals surface area contributed by atoms with Crippen molar-refractivity contribution in [1.82, 2.24) is 10.3 Å². The molecule has 0 spiro atoms. The molecule has 3 rings (SSSR count). The SMILES string of the molecule is N#Cc1cnc2sc(CC(F)(F)F)cc2c1N1CCNCC1. The van der Waals surface area contributed by atoms with Gasteiger partial charge < -0.3 is 10.2 Å². The van der Waals surface area contributed by atoms with Crippen molar-refractivity contribution in [3.05, 3.63) is 22.7 Å². The van der Waals surface area contributed by atoms with Crippen LogP contribution in [-0.4, -0.2) is 37.3 Å². The lowest BCUT2D eigenvalue weighted by Crippen LogP contribution is -2.43. The highest BCUT2D eigenvalue weighted by atomic mass is 32.1. The summed E-state index contributed by atoms with van der Waals surface area (Å²) in [5.74, 6) is 0. The molecule has 1 aliphatic rings. The highest BCUT2D eigenvalue weighted by Gasteiger charge is 2.29. The number of pyridine rings is 1. The molecule has 4 nitrogen and oxygen atoms in total. The van der Waals surface area contributed by atoms with Crippen LogP contribution in [0.3, 0.4) is 0 Å². The molecule has 0 aromatic carbocycles. The van der Waals surface area contributed by atoms with Crippen molar-refractivity contribution >= 4 is 27.2 Å². The van der Waals surface area contributed by atoms with Crippen LogP contribution < -0.4 is 10.2 Å². The molecule has 0 bridgehead atoms. The fourth-order valence-electron chi connectivity index (χ4n) is 2.62. The predicted octanol–water partition coefficient (Wildman–Crippen LogP) is 2.68. The van der Waals surface area contributed by atoms with Gasteiger partial charge in [-0.1, -0.05) is 0 Å². The molecule has 0 radical (unpaired) electrons. The van der Waals surface area contributed by atoms with Crippen LogP contribution in [0.1, 0.15) is 10.4 Å². The van der Waals surface area contributed by atoms with Crippen LogP contribution in [0.2, 0.25) is 0 Å². The van der Waals surface area contributed by atoms with Gasteiger partial charge in [-0.3, -0.25) is 0 Å². The molecular formula is C14H13F3N4S. The minimum Gasteiger partial charge on any atom is -0.367 e. The summed E-state index contributed by atoms with van der Waals surface area (Å²) in [5.41, 5.74) is 1.12. The molecule has 1 N–H and O–H groups in total. The number of fused-ring (bicyclic) bond motifs is 1. The first-order valence-corrected chi connectivity index (χ1v) is 7.63. The number of nitrogens with zero attached hydrogens (tertiary/aromatic N) is 3. The summed E-state index contributed by atoms with van der Waals surface area (Å²) in [4.78, 5) is 6.96. The number of rotatable bonds is 2. The van der Waals surface area contributed by atoms with E-state index in [1.54, 1.807) is 0 Å². The maximum Gasteiger partial charge on any atom is 0.393 e. The Kier molecular flexibility index (Phi) is 3.93. The zero-order valence-corrected chi connectivity index (χ0v) is 12.4. The third-order valence-corrected chi connectivity index (χ3v) is 4.56. The number of halogens is 3. The first-order chi connectivity index (χ1) is 10.5. The van der Waals surface area contributed by atoms with Crippen LogP contribution in [0.5, 0.6) is 0 Å². The van der Waals surface area contributed by atoms with Gasteiger partial charge in [0.2, 0.25) is 0 Å². The van der Waals surface area contributed by atoms with E-state index in [0.717, 1.165) is 37.5 Å². The Morgan fingerprint density at radius 3 is 2.73 bits per heavy atom. The smallest absolute Gasteiger partial charge is 0.367 e. The number of piperazine rings is 1. The second-order valence-corrected chi connectivity index (χ2v) is 6.21. The summed E-state index contributed by atoms with van der Waals surface area (Å²) >= 11 is 1.04. The summed E-state index contributed by atoms with van der Waals surface area (Å²) in [7, 11) is 0. The Balaban J connectivity index is 2.08. The molecular weight excluding hydrogens is 313 g/mol. The average molecular weight is 326 g/mol. The molecule has 3 heterocycles. The van der Waals surface area contributed by atoms with E-state index < -0.39 is 12.6 Å². The van der Waals surface area contributed by atoms with Gasteiger partial charge in [0.05, 0.1) is 17.7 Å². The molecule has 1 saturated heterocycles. The van der Waals surface area contributed by atoms with Gasteiger partial charge in [0, 0.05) is 42.6 Å². The fourth-order valence-corrected chi connectivity index (χ4v) is 3.65. The average Bonchev–Trinajstić information content (AvgIpc) is 2.86. The predicted molar refractivity (Wildman–Crippen MR) is 79.2 cm³/mol. The quantitative estimate of drug-likeness (QED) is 0.922. The largest absolute Gasteiger partial charge is 0.393 e. The molecule has 1 aliphatic heterocycles. The van der Waals surface area contributed by atoms with Crippen LogP contribution in [0.4, 0.5) is 18.9 Å². The van der Waals surface area contributed by atoms with Crippen molar-refractivity contribution in [2.24, 2.45) is 0 Å². The van der Waals surface area contributed by atoms with E-state index in [9.17, 15) is 18.4 Å². The minimum atomic E-state index is -4.24. The first kappa shape index (κ1) is 15.1. The zero-order valence-electron chi connectivity index (χ0n) is 11.6. The molecule has 1 fully saturated rings. The highest BCUT2D eigenvalue weighted by Crippen LogP contribution is 2.36. The van der Waals surface area contributed by atoms with Crippen molar-refractivity contribution in [3.63, 3.8) is 0 Å². The Bertz CT molecular complexity index is 726. The molecule has 2 aromatic heterocycles. The van der Waals surface area contributed by atoms with Crippen LogP contribution in [0.25, 0.3) is 10.2 Å². The van der Waals surface area contributed by atoms with Gasteiger partial charge in [-0.2, -0.15) is 18.4 Å². The Labute approximate surface area is 129 Å². The van der Waals surface area contributed by atoms with Crippen molar-refractivity contribution in [2.45, 2.75) is 12.6 Å². The van der Waals surface area contributed by atoms with E-state index >= 15 is 0 Å². The Hall–Kier alpha value is -1.85. The van der Waals surface area contributed by atoms with Crippen LogP contribution in [-0.2, 0) is 6.42 Å². The van der Waals surface area contributed by atoms with E-state index in [1.165, 1.54) is 12.3 Å². The summed E-state index contributed by atoms with van der Waals surface area (Å²) in [5, 5.41) is 13.2. The van der Waals surface area contributed by atoms with Crippen molar-refractivity contribution in [2.75, 3.05) is 31.1 Å². The summed E-state index contributed by atoms with van der Waals surface area (Å²) in [6.07, 6.45) is -3.75. The number of thiophene rings is 1. The van der Waals surface area contributed by atoms with Gasteiger partial charge in [0.1, 0.15) is 10.9 Å². The van der Waals surface area contributed by atoms with E-state index in [1.807, 2.05) is 4.90 Å². The summed E-state index contributed by atoms with van der Waals surface area (Å²) in [6, 6.07) is 3.63. The minimum absolute atomic E-state index is 0.224. The van der Waals surface area contributed by atoms with Crippen LogP contribution in [0.15, 0.2) is 12.3 Å². The van der Waals surface area contributed by atoms with Crippen molar-refractivity contribution in [3.8, 4) is 6.07 Å². The third kappa shape index (κ3) is 3.00. The maximum absolute atomic E-state index is 12.6. The fraction of sp³-hybridized carbons (Fsp3) is 0.429. The molecule has 0 atom stereocenters. The lowest BCUT2D eigenvalue weighted by Gasteiger charge is -2.30. The lowest BCUT2D eigenvalue weighted by atomic mass is 10.1. The van der Waals surface area contributed by atoms with Gasteiger partial charge in [-0.15, -0.1) is 11.3 Å². The van der Waals surface area contributed by atoms with Crippen molar-refractivity contribution < 1.29 is 13.2 Å². The summed E-state index contributed by atoms with van der Waals surface area (Å²) < 4.78 is 37.8. The lowest BCUT2D eigenvalue weighted by molar-refractivity contribution is -0.126. The van der Waals surface area contributed by atoms with Crippen LogP contribution in [0, 0.1) is 11.3 Å². The molecule has 2 aromatic rings. The van der Waals surface area contributed by atoms with Gasteiger partial charge >= 0.3 is 6.18 Å². The van der Waals surface area contributed by atoms with E-state index in [0.29, 0.717) is 21.5 Å². The van der Waals surface area contributed by atoms with Crippen molar-refractivity contribution in [1.29, 1.82) is 5.26 Å². The molecule has 0 aliphatic carbocycles. The molecule has 0 saturated carbocycles. The monoisotopic (exact) mass is 326 g/mol. The topological polar surface area (TPSA) is 52.0 Å². The second-order valence-electron chi connectivity index (χ2n) is 5.09. The molecule has 8 heteroatoms. The molecule has 0 amide bonds. The third-order valence-electron chi connectivity index (χ3n) is 3.51. The van der Waals surface area contributed by atoms with Gasteiger partial charge in [-0.25, -0.2) is 4.98 Å². The highest BCUT2D eigenvalue weighted by molar-refractivity contribution is 7.18.